The van der Waals surface area contributed by atoms with Crippen molar-refractivity contribution in [2.75, 3.05) is 28.6 Å². The number of nitrogen functional groups attached to an aromatic ring is 1. The third-order valence-electron chi connectivity index (χ3n) is 5.23. The lowest BCUT2D eigenvalue weighted by Crippen LogP contribution is -2.32. The molecule has 1 fully saturated rings. The lowest BCUT2D eigenvalue weighted by molar-refractivity contribution is 0.573. The molecule has 0 unspecified atom stereocenters. The summed E-state index contributed by atoms with van der Waals surface area (Å²) in [7, 11) is 0. The quantitative estimate of drug-likeness (QED) is 0.700. The highest BCUT2D eigenvalue weighted by Gasteiger charge is 2.21. The van der Waals surface area contributed by atoms with Crippen molar-refractivity contribution in [2.45, 2.75) is 32.4 Å². The molecule has 1 aliphatic rings. The number of anilines is 3. The number of aromatic nitrogens is 2. The van der Waals surface area contributed by atoms with Crippen LogP contribution in [0.3, 0.4) is 0 Å². The topological polar surface area (TPSA) is 58.3 Å². The van der Waals surface area contributed by atoms with Crippen molar-refractivity contribution >= 4 is 17.3 Å². The Kier molecular flexibility index (Phi) is 5.71. The van der Waals surface area contributed by atoms with Crippen molar-refractivity contribution in [3.63, 3.8) is 0 Å². The molecule has 1 aliphatic heterocycles. The second-order valence-electron chi connectivity index (χ2n) is 7.31. The molecule has 28 heavy (non-hydrogen) atoms. The maximum Gasteiger partial charge on any atom is 0.158 e. The fourth-order valence-electron chi connectivity index (χ4n) is 3.80. The molecule has 0 atom stereocenters. The van der Waals surface area contributed by atoms with Crippen LogP contribution in [0.5, 0.6) is 0 Å². The Balaban J connectivity index is 1.67. The van der Waals surface area contributed by atoms with Gasteiger partial charge in [-0.05, 0) is 30.4 Å². The lowest BCUT2D eigenvalue weighted by atomic mass is 10.1. The Morgan fingerprint density at radius 3 is 1.93 bits per heavy atom. The Labute approximate surface area is 166 Å². The van der Waals surface area contributed by atoms with Crippen LogP contribution in [0, 0.1) is 0 Å². The predicted molar refractivity (Wildman–Crippen MR) is 115 cm³/mol. The van der Waals surface area contributed by atoms with E-state index in [-0.39, 0.29) is 0 Å². The molecule has 0 radical (unpaired) electrons. The molecule has 2 N–H and O–H groups in total. The molecule has 5 nitrogen and oxygen atoms in total. The fraction of sp³-hybridized carbons (Fsp3) is 0.304. The van der Waals surface area contributed by atoms with Crippen molar-refractivity contribution in [3.8, 4) is 0 Å². The number of hydrogen-bond acceptors (Lipinski definition) is 5. The molecule has 1 aromatic heterocycles. The van der Waals surface area contributed by atoms with Crippen LogP contribution in [-0.4, -0.2) is 23.1 Å². The molecule has 0 bridgehead atoms. The van der Waals surface area contributed by atoms with Crippen LogP contribution in [-0.2, 0) is 13.1 Å². The van der Waals surface area contributed by atoms with Gasteiger partial charge in [-0.2, -0.15) is 0 Å². The van der Waals surface area contributed by atoms with Crippen molar-refractivity contribution < 1.29 is 0 Å². The second-order valence-corrected chi connectivity index (χ2v) is 7.31. The van der Waals surface area contributed by atoms with E-state index < -0.39 is 0 Å². The zero-order chi connectivity index (χ0) is 19.2. The van der Waals surface area contributed by atoms with E-state index in [9.17, 15) is 0 Å². The first-order valence-electron chi connectivity index (χ1n) is 9.99. The second kappa shape index (κ2) is 8.74. The molecule has 1 saturated heterocycles. The minimum Gasteiger partial charge on any atom is -0.393 e. The molecule has 0 saturated carbocycles. The van der Waals surface area contributed by atoms with Crippen LogP contribution in [0.25, 0.3) is 0 Å². The van der Waals surface area contributed by atoms with Gasteiger partial charge in [-0.1, -0.05) is 60.7 Å². The predicted octanol–water partition coefficient (Wildman–Crippen LogP) is 4.26. The monoisotopic (exact) mass is 373 g/mol. The van der Waals surface area contributed by atoms with Crippen LogP contribution in [0.2, 0.25) is 0 Å². The highest BCUT2D eigenvalue weighted by Crippen LogP contribution is 2.32. The van der Waals surface area contributed by atoms with E-state index in [1.54, 1.807) is 6.33 Å². The standard InChI is InChI=1S/C23H27N5/c24-21-22(27-14-8-3-9-15-27)25-18-26-23(21)28(16-19-10-4-1-5-11-19)17-20-12-6-2-7-13-20/h1-2,4-7,10-13,18H,3,8-9,14-17,24H2. The van der Waals surface area contributed by atoms with Gasteiger partial charge in [0.25, 0.3) is 0 Å². The molecule has 5 heteroatoms. The van der Waals surface area contributed by atoms with E-state index in [4.69, 9.17) is 5.73 Å². The summed E-state index contributed by atoms with van der Waals surface area (Å²) in [6.45, 7) is 3.52. The fourth-order valence-corrected chi connectivity index (χ4v) is 3.80. The molecule has 0 spiro atoms. The Morgan fingerprint density at radius 1 is 0.786 bits per heavy atom. The Morgan fingerprint density at radius 2 is 1.36 bits per heavy atom. The maximum atomic E-state index is 6.61. The van der Waals surface area contributed by atoms with Gasteiger partial charge < -0.3 is 15.5 Å². The smallest absolute Gasteiger partial charge is 0.158 e. The van der Waals surface area contributed by atoms with Crippen molar-refractivity contribution in [3.05, 3.63) is 78.1 Å². The molecule has 2 heterocycles. The van der Waals surface area contributed by atoms with E-state index in [1.165, 1.54) is 30.4 Å². The average molecular weight is 374 g/mol. The molecule has 0 amide bonds. The number of hydrogen-bond donors (Lipinski definition) is 1. The number of nitrogens with zero attached hydrogens (tertiary/aromatic N) is 4. The van der Waals surface area contributed by atoms with E-state index in [2.05, 4.69) is 68.3 Å². The summed E-state index contributed by atoms with van der Waals surface area (Å²) in [4.78, 5) is 13.7. The summed E-state index contributed by atoms with van der Waals surface area (Å²) in [5.74, 6) is 1.68. The Bertz CT molecular complexity index is 835. The van der Waals surface area contributed by atoms with Gasteiger partial charge >= 0.3 is 0 Å². The molecule has 2 aromatic carbocycles. The summed E-state index contributed by atoms with van der Waals surface area (Å²) in [6, 6.07) is 20.9. The third kappa shape index (κ3) is 4.25. The van der Waals surface area contributed by atoms with Crippen LogP contribution in [0.4, 0.5) is 17.3 Å². The first-order chi connectivity index (χ1) is 13.8. The van der Waals surface area contributed by atoms with E-state index in [1.807, 2.05) is 12.1 Å². The van der Waals surface area contributed by atoms with Crippen molar-refractivity contribution in [2.24, 2.45) is 0 Å². The number of rotatable bonds is 6. The van der Waals surface area contributed by atoms with Gasteiger partial charge in [0.1, 0.15) is 12.0 Å². The maximum absolute atomic E-state index is 6.61. The molecular weight excluding hydrogens is 346 g/mol. The summed E-state index contributed by atoms with van der Waals surface area (Å²) in [6.07, 6.45) is 5.31. The first-order valence-corrected chi connectivity index (χ1v) is 9.99. The number of benzene rings is 2. The van der Waals surface area contributed by atoms with Crippen molar-refractivity contribution in [1.29, 1.82) is 0 Å². The minimum absolute atomic E-state index is 0.677. The van der Waals surface area contributed by atoms with Gasteiger partial charge in [0.15, 0.2) is 11.6 Å². The summed E-state index contributed by atoms with van der Waals surface area (Å²) in [5, 5.41) is 0. The zero-order valence-corrected chi connectivity index (χ0v) is 16.2. The molecule has 4 rings (SSSR count). The van der Waals surface area contributed by atoms with Crippen LogP contribution >= 0.6 is 0 Å². The van der Waals surface area contributed by atoms with Gasteiger partial charge in [-0.25, -0.2) is 9.97 Å². The normalized spacial score (nSPS) is 14.1. The van der Waals surface area contributed by atoms with Crippen LogP contribution in [0.15, 0.2) is 67.0 Å². The first kappa shape index (κ1) is 18.3. The van der Waals surface area contributed by atoms with E-state index in [0.29, 0.717) is 5.69 Å². The lowest BCUT2D eigenvalue weighted by Gasteiger charge is -2.31. The summed E-state index contributed by atoms with van der Waals surface area (Å²) < 4.78 is 0. The molecule has 0 aliphatic carbocycles. The minimum atomic E-state index is 0.677. The van der Waals surface area contributed by atoms with Crippen LogP contribution < -0.4 is 15.5 Å². The van der Waals surface area contributed by atoms with E-state index in [0.717, 1.165) is 37.8 Å². The molecule has 144 valence electrons. The SMILES string of the molecule is Nc1c(N2CCCCC2)ncnc1N(Cc1ccccc1)Cc1ccccc1. The average Bonchev–Trinajstić information content (AvgIpc) is 2.76. The summed E-state index contributed by atoms with van der Waals surface area (Å²) in [5.41, 5.74) is 9.76. The highest BCUT2D eigenvalue weighted by molar-refractivity contribution is 5.75. The van der Waals surface area contributed by atoms with Gasteiger partial charge in [-0.3, -0.25) is 0 Å². The third-order valence-corrected chi connectivity index (χ3v) is 5.23. The van der Waals surface area contributed by atoms with Gasteiger partial charge in [-0.15, -0.1) is 0 Å². The van der Waals surface area contributed by atoms with Gasteiger partial charge in [0.05, 0.1) is 0 Å². The largest absolute Gasteiger partial charge is 0.393 e. The molecule has 3 aromatic rings. The van der Waals surface area contributed by atoms with E-state index >= 15 is 0 Å². The van der Waals surface area contributed by atoms with Crippen LogP contribution in [0.1, 0.15) is 30.4 Å². The number of nitrogens with two attached hydrogens (primary N) is 1. The zero-order valence-electron chi connectivity index (χ0n) is 16.2. The highest BCUT2D eigenvalue weighted by atomic mass is 15.3. The van der Waals surface area contributed by atoms with Gasteiger partial charge in [0, 0.05) is 26.2 Å². The number of piperidine rings is 1. The Hall–Kier alpha value is -3.08. The molecular formula is C23H27N5. The van der Waals surface area contributed by atoms with Gasteiger partial charge in [0.2, 0.25) is 0 Å². The summed E-state index contributed by atoms with van der Waals surface area (Å²) >= 11 is 0. The van der Waals surface area contributed by atoms with Crippen molar-refractivity contribution in [1.82, 2.24) is 9.97 Å².